The molecule has 0 bridgehead atoms. The average Bonchev–Trinajstić information content (AvgIpc) is 3.23. The average molecular weight is 366 g/mol. The number of nitrogens with one attached hydrogen (secondary N) is 1. The fourth-order valence-corrected chi connectivity index (χ4v) is 4.13. The molecule has 8 heteroatoms. The van der Waals surface area contributed by atoms with E-state index >= 15 is 0 Å². The monoisotopic (exact) mass is 366 g/mol. The van der Waals surface area contributed by atoms with Gasteiger partial charge in [-0.05, 0) is 56.3 Å². The van der Waals surface area contributed by atoms with Crippen LogP contribution in [0.1, 0.15) is 21.7 Å². The first-order chi connectivity index (χ1) is 11.4. The predicted molar refractivity (Wildman–Crippen MR) is 91.6 cm³/mol. The van der Waals surface area contributed by atoms with Gasteiger partial charge in [-0.25, -0.2) is 13.1 Å². The van der Waals surface area contributed by atoms with E-state index in [1.54, 1.807) is 17.4 Å². The van der Waals surface area contributed by atoms with E-state index < -0.39 is 10.0 Å². The normalized spacial score (nSPS) is 12.0. The summed E-state index contributed by atoms with van der Waals surface area (Å²) in [6.07, 6.45) is 0.650. The molecular weight excluding hydrogens is 348 g/mol. The third-order valence-corrected chi connectivity index (χ3v) is 6.26. The van der Waals surface area contributed by atoms with Gasteiger partial charge in [-0.2, -0.15) is 0 Å². The van der Waals surface area contributed by atoms with E-state index in [0.717, 1.165) is 11.3 Å². The van der Waals surface area contributed by atoms with Crippen LogP contribution in [0.15, 0.2) is 37.6 Å². The Kier molecular flexibility index (Phi) is 4.62. The number of hydrogen-bond acceptors (Lipinski definition) is 6. The van der Waals surface area contributed by atoms with Crippen LogP contribution < -0.4 is 4.72 Å². The number of nitrogens with zero attached hydrogens (tertiary/aromatic N) is 1. The Morgan fingerprint density at radius 2 is 2.00 bits per heavy atom. The van der Waals surface area contributed by atoms with Gasteiger partial charge in [0, 0.05) is 17.0 Å². The lowest BCUT2D eigenvalue weighted by Gasteiger charge is -2.04. The van der Waals surface area contributed by atoms with Gasteiger partial charge >= 0.3 is 0 Å². The molecule has 0 atom stereocenters. The van der Waals surface area contributed by atoms with E-state index in [1.807, 2.05) is 32.2 Å². The zero-order valence-corrected chi connectivity index (χ0v) is 15.3. The lowest BCUT2D eigenvalue weighted by molar-refractivity contribution is 0.397. The van der Waals surface area contributed by atoms with E-state index in [2.05, 4.69) is 9.88 Å². The molecule has 3 rings (SSSR count). The SMILES string of the molecule is Cc1ccsc1CCNS(=O)(=O)c1ccc(-c2onc(C)c2C)o1. The molecule has 0 spiro atoms. The lowest BCUT2D eigenvalue weighted by Crippen LogP contribution is -2.25. The number of rotatable bonds is 6. The summed E-state index contributed by atoms with van der Waals surface area (Å²) in [7, 11) is -3.69. The topological polar surface area (TPSA) is 85.3 Å². The number of thiophene rings is 1. The molecule has 3 aromatic heterocycles. The summed E-state index contributed by atoms with van der Waals surface area (Å²) in [5.74, 6) is 0.797. The molecule has 1 N–H and O–H groups in total. The van der Waals surface area contributed by atoms with Crippen molar-refractivity contribution >= 4 is 21.4 Å². The maximum Gasteiger partial charge on any atom is 0.273 e. The van der Waals surface area contributed by atoms with Crippen LogP contribution in [0.4, 0.5) is 0 Å². The zero-order valence-electron chi connectivity index (χ0n) is 13.6. The molecule has 24 heavy (non-hydrogen) atoms. The van der Waals surface area contributed by atoms with Gasteiger partial charge in [-0.1, -0.05) is 5.16 Å². The van der Waals surface area contributed by atoms with Gasteiger partial charge < -0.3 is 8.94 Å². The first kappa shape index (κ1) is 16.9. The van der Waals surface area contributed by atoms with Crippen molar-refractivity contribution in [2.75, 3.05) is 6.54 Å². The summed E-state index contributed by atoms with van der Waals surface area (Å²) in [6.45, 7) is 6.00. The van der Waals surface area contributed by atoms with Crippen LogP contribution >= 0.6 is 11.3 Å². The van der Waals surface area contributed by atoms with Crippen molar-refractivity contribution in [3.05, 3.63) is 45.3 Å². The minimum atomic E-state index is -3.69. The minimum absolute atomic E-state index is 0.131. The first-order valence-electron chi connectivity index (χ1n) is 7.44. The highest BCUT2D eigenvalue weighted by Gasteiger charge is 2.21. The molecule has 0 aliphatic carbocycles. The summed E-state index contributed by atoms with van der Waals surface area (Å²) >= 11 is 1.62. The van der Waals surface area contributed by atoms with Gasteiger partial charge in [0.05, 0.1) is 5.69 Å². The second-order valence-electron chi connectivity index (χ2n) is 5.52. The van der Waals surface area contributed by atoms with Gasteiger partial charge in [0.25, 0.3) is 10.0 Å². The standard InChI is InChI=1S/C16H18N2O4S2/c1-10-7-9-23-14(10)6-8-17-24(19,20)15-5-4-13(21-15)16-11(2)12(3)18-22-16/h4-5,7,9,17H,6,8H2,1-3H3. The van der Waals surface area contributed by atoms with Crippen molar-refractivity contribution in [2.45, 2.75) is 32.3 Å². The van der Waals surface area contributed by atoms with Crippen molar-refractivity contribution in [3.63, 3.8) is 0 Å². The van der Waals surface area contributed by atoms with E-state index in [9.17, 15) is 8.42 Å². The Hall–Kier alpha value is -1.90. The van der Waals surface area contributed by atoms with Crippen LogP contribution in [0, 0.1) is 20.8 Å². The van der Waals surface area contributed by atoms with Gasteiger partial charge in [-0.15, -0.1) is 11.3 Å². The molecular formula is C16H18N2O4S2. The van der Waals surface area contributed by atoms with Gasteiger partial charge in [0.2, 0.25) is 10.9 Å². The summed E-state index contributed by atoms with van der Waals surface area (Å²) in [6, 6.07) is 5.02. The molecule has 0 amide bonds. The van der Waals surface area contributed by atoms with E-state index in [1.165, 1.54) is 16.5 Å². The molecule has 0 aliphatic rings. The summed E-state index contributed by atoms with van der Waals surface area (Å²) in [4.78, 5) is 1.17. The summed E-state index contributed by atoms with van der Waals surface area (Å²) in [5.41, 5.74) is 2.75. The first-order valence-corrected chi connectivity index (χ1v) is 9.80. The molecule has 0 saturated heterocycles. The number of aromatic nitrogens is 1. The number of hydrogen-bond donors (Lipinski definition) is 1. The Balaban J connectivity index is 1.71. The Bertz CT molecular complexity index is 951. The van der Waals surface area contributed by atoms with Gasteiger partial charge in [-0.3, -0.25) is 0 Å². The Labute approximate surface area is 144 Å². The molecule has 0 fully saturated rings. The third kappa shape index (κ3) is 3.31. The van der Waals surface area contributed by atoms with E-state index in [0.29, 0.717) is 24.5 Å². The fraction of sp³-hybridized carbons (Fsp3) is 0.312. The number of aryl methyl sites for hydroxylation is 2. The van der Waals surface area contributed by atoms with Crippen LogP contribution in [0.5, 0.6) is 0 Å². The number of furan rings is 1. The van der Waals surface area contributed by atoms with E-state index in [4.69, 9.17) is 8.94 Å². The highest BCUT2D eigenvalue weighted by molar-refractivity contribution is 7.89. The van der Waals surface area contributed by atoms with E-state index in [-0.39, 0.29) is 5.09 Å². The van der Waals surface area contributed by atoms with Crippen LogP contribution in [-0.2, 0) is 16.4 Å². The smallest absolute Gasteiger partial charge is 0.273 e. The van der Waals surface area contributed by atoms with Gasteiger partial charge in [0.1, 0.15) is 0 Å². The maximum atomic E-state index is 12.3. The minimum Gasteiger partial charge on any atom is -0.440 e. The highest BCUT2D eigenvalue weighted by Crippen LogP contribution is 2.28. The Morgan fingerprint density at radius 1 is 1.21 bits per heavy atom. The molecule has 0 saturated carbocycles. The van der Waals surface area contributed by atoms with Crippen molar-refractivity contribution in [3.8, 4) is 11.5 Å². The molecule has 0 unspecified atom stereocenters. The van der Waals surface area contributed by atoms with Crippen molar-refractivity contribution in [1.82, 2.24) is 9.88 Å². The summed E-state index contributed by atoms with van der Waals surface area (Å²) in [5, 5.41) is 5.72. The fourth-order valence-electron chi connectivity index (χ4n) is 2.26. The molecule has 128 valence electrons. The molecule has 6 nitrogen and oxygen atoms in total. The lowest BCUT2D eigenvalue weighted by atomic mass is 10.2. The quantitative estimate of drug-likeness (QED) is 0.722. The zero-order chi connectivity index (χ0) is 17.3. The largest absolute Gasteiger partial charge is 0.440 e. The summed E-state index contributed by atoms with van der Waals surface area (Å²) < 4.78 is 37.9. The van der Waals surface area contributed by atoms with Gasteiger partial charge in [0.15, 0.2) is 5.76 Å². The van der Waals surface area contributed by atoms with Crippen LogP contribution in [-0.4, -0.2) is 20.1 Å². The van der Waals surface area contributed by atoms with Crippen molar-refractivity contribution < 1.29 is 17.4 Å². The molecule has 3 heterocycles. The molecule has 0 aromatic carbocycles. The van der Waals surface area contributed by atoms with Crippen LogP contribution in [0.3, 0.4) is 0 Å². The molecule has 0 radical (unpaired) electrons. The second-order valence-corrected chi connectivity index (χ2v) is 8.21. The number of sulfonamides is 1. The second kappa shape index (κ2) is 6.54. The predicted octanol–water partition coefficient (Wildman–Crippen LogP) is 3.44. The Morgan fingerprint density at radius 3 is 2.62 bits per heavy atom. The highest BCUT2D eigenvalue weighted by atomic mass is 32.2. The van der Waals surface area contributed by atoms with Crippen molar-refractivity contribution in [1.29, 1.82) is 0 Å². The van der Waals surface area contributed by atoms with Crippen LogP contribution in [0.2, 0.25) is 0 Å². The molecule has 0 aliphatic heterocycles. The maximum absolute atomic E-state index is 12.3. The van der Waals surface area contributed by atoms with Crippen LogP contribution in [0.25, 0.3) is 11.5 Å². The third-order valence-electron chi connectivity index (χ3n) is 3.84. The van der Waals surface area contributed by atoms with Crippen molar-refractivity contribution in [2.24, 2.45) is 0 Å². The molecule has 3 aromatic rings.